The largest absolute Gasteiger partial charge is 0.492 e. The Morgan fingerprint density at radius 2 is 1.64 bits per heavy atom. The Morgan fingerprint density at radius 1 is 0.960 bits per heavy atom. The monoisotopic (exact) mass is 335 g/mol. The predicted molar refractivity (Wildman–Crippen MR) is 100 cm³/mol. The quantitative estimate of drug-likeness (QED) is 0.713. The standard InChI is InChI=1S/C21H21NO3/c1-3-24-20-13-7-6-12-18(20)22-21(23)15(2)25-19-14-8-10-16-9-4-5-11-17(16)19/h4-15H,3H2,1-2H3,(H,22,23)/t15-/m0/s1. The molecular weight excluding hydrogens is 314 g/mol. The number of para-hydroxylation sites is 2. The van der Waals surface area contributed by atoms with Crippen molar-refractivity contribution in [2.75, 3.05) is 11.9 Å². The van der Waals surface area contributed by atoms with Crippen LogP contribution in [-0.4, -0.2) is 18.6 Å². The van der Waals surface area contributed by atoms with E-state index >= 15 is 0 Å². The molecule has 0 unspecified atom stereocenters. The lowest BCUT2D eigenvalue weighted by Crippen LogP contribution is -2.30. The molecule has 0 aromatic heterocycles. The van der Waals surface area contributed by atoms with E-state index in [9.17, 15) is 4.79 Å². The minimum absolute atomic E-state index is 0.222. The number of carbonyl (C=O) groups excluding carboxylic acids is 1. The molecule has 1 N–H and O–H groups in total. The molecule has 0 aliphatic rings. The fourth-order valence-corrected chi connectivity index (χ4v) is 2.63. The van der Waals surface area contributed by atoms with E-state index in [1.807, 2.05) is 73.7 Å². The average Bonchev–Trinajstić information content (AvgIpc) is 2.64. The highest BCUT2D eigenvalue weighted by molar-refractivity contribution is 5.96. The van der Waals surface area contributed by atoms with Crippen molar-refractivity contribution in [2.24, 2.45) is 0 Å². The van der Waals surface area contributed by atoms with Gasteiger partial charge in [0.25, 0.3) is 5.91 Å². The van der Waals surface area contributed by atoms with Gasteiger partial charge in [-0.05, 0) is 37.4 Å². The number of rotatable bonds is 6. The highest BCUT2D eigenvalue weighted by Crippen LogP contribution is 2.27. The van der Waals surface area contributed by atoms with Crippen LogP contribution in [0, 0.1) is 0 Å². The van der Waals surface area contributed by atoms with Crippen LogP contribution in [0.5, 0.6) is 11.5 Å². The molecule has 1 atom stereocenters. The molecule has 0 saturated carbocycles. The van der Waals surface area contributed by atoms with Crippen LogP contribution in [0.4, 0.5) is 5.69 Å². The molecule has 0 aliphatic carbocycles. The first-order valence-corrected chi connectivity index (χ1v) is 8.36. The summed E-state index contributed by atoms with van der Waals surface area (Å²) in [6.07, 6.45) is -0.638. The van der Waals surface area contributed by atoms with Crippen molar-refractivity contribution in [3.8, 4) is 11.5 Å². The molecule has 0 radical (unpaired) electrons. The van der Waals surface area contributed by atoms with E-state index in [4.69, 9.17) is 9.47 Å². The highest BCUT2D eigenvalue weighted by Gasteiger charge is 2.17. The van der Waals surface area contributed by atoms with Gasteiger partial charge in [0.05, 0.1) is 12.3 Å². The van der Waals surface area contributed by atoms with E-state index in [1.165, 1.54) is 0 Å². The van der Waals surface area contributed by atoms with E-state index in [0.717, 1.165) is 10.8 Å². The Bertz CT molecular complexity index is 870. The molecule has 1 amide bonds. The lowest BCUT2D eigenvalue weighted by molar-refractivity contribution is -0.122. The molecule has 0 fully saturated rings. The summed E-state index contributed by atoms with van der Waals surface area (Å²) in [5.74, 6) is 1.12. The second kappa shape index (κ2) is 7.71. The van der Waals surface area contributed by atoms with Crippen molar-refractivity contribution in [2.45, 2.75) is 20.0 Å². The molecular formula is C21H21NO3. The minimum atomic E-state index is -0.638. The van der Waals surface area contributed by atoms with Crippen molar-refractivity contribution < 1.29 is 14.3 Å². The SMILES string of the molecule is CCOc1ccccc1NC(=O)[C@H](C)Oc1cccc2ccccc12. The van der Waals surface area contributed by atoms with Crippen molar-refractivity contribution in [3.63, 3.8) is 0 Å². The van der Waals surface area contributed by atoms with Crippen LogP contribution in [0.2, 0.25) is 0 Å². The summed E-state index contributed by atoms with van der Waals surface area (Å²) in [7, 11) is 0. The summed E-state index contributed by atoms with van der Waals surface area (Å²) in [5.41, 5.74) is 0.641. The summed E-state index contributed by atoms with van der Waals surface area (Å²) < 4.78 is 11.4. The van der Waals surface area contributed by atoms with Crippen LogP contribution in [0.25, 0.3) is 10.8 Å². The smallest absolute Gasteiger partial charge is 0.265 e. The zero-order chi connectivity index (χ0) is 17.6. The summed E-state index contributed by atoms with van der Waals surface area (Å²) in [6.45, 7) is 4.18. The number of hydrogen-bond donors (Lipinski definition) is 1. The molecule has 0 spiro atoms. The van der Waals surface area contributed by atoms with Crippen LogP contribution in [0.15, 0.2) is 66.7 Å². The van der Waals surface area contributed by atoms with E-state index in [1.54, 1.807) is 6.92 Å². The molecule has 0 bridgehead atoms. The third-order valence-electron chi connectivity index (χ3n) is 3.87. The van der Waals surface area contributed by atoms with Crippen molar-refractivity contribution in [1.82, 2.24) is 0 Å². The summed E-state index contributed by atoms with van der Waals surface area (Å²) >= 11 is 0. The second-order valence-corrected chi connectivity index (χ2v) is 5.66. The molecule has 0 aliphatic heterocycles. The lowest BCUT2D eigenvalue weighted by Gasteiger charge is -2.17. The molecule has 3 rings (SSSR count). The Balaban J connectivity index is 1.75. The Hall–Kier alpha value is -3.01. The Morgan fingerprint density at radius 3 is 2.48 bits per heavy atom. The van der Waals surface area contributed by atoms with Crippen molar-refractivity contribution in [1.29, 1.82) is 0 Å². The maximum absolute atomic E-state index is 12.5. The summed E-state index contributed by atoms with van der Waals surface area (Å²) in [5, 5.41) is 4.94. The number of hydrogen-bond acceptors (Lipinski definition) is 3. The van der Waals surface area contributed by atoms with Gasteiger partial charge in [-0.15, -0.1) is 0 Å². The fraction of sp³-hybridized carbons (Fsp3) is 0.190. The third kappa shape index (κ3) is 3.91. The second-order valence-electron chi connectivity index (χ2n) is 5.66. The molecule has 3 aromatic rings. The number of nitrogens with one attached hydrogen (secondary N) is 1. The van der Waals surface area contributed by atoms with Crippen LogP contribution in [0.3, 0.4) is 0 Å². The summed E-state index contributed by atoms with van der Waals surface area (Å²) in [4.78, 5) is 12.5. The molecule has 0 heterocycles. The maximum atomic E-state index is 12.5. The topological polar surface area (TPSA) is 47.6 Å². The predicted octanol–water partition coefficient (Wildman–Crippen LogP) is 4.64. The number of ether oxygens (including phenoxy) is 2. The van der Waals surface area contributed by atoms with Gasteiger partial charge in [-0.3, -0.25) is 4.79 Å². The lowest BCUT2D eigenvalue weighted by atomic mass is 10.1. The van der Waals surface area contributed by atoms with E-state index in [-0.39, 0.29) is 5.91 Å². The first-order valence-electron chi connectivity index (χ1n) is 8.36. The van der Waals surface area contributed by atoms with Gasteiger partial charge in [0, 0.05) is 5.39 Å². The van der Waals surface area contributed by atoms with Crippen molar-refractivity contribution >= 4 is 22.4 Å². The van der Waals surface area contributed by atoms with Crippen LogP contribution >= 0.6 is 0 Å². The number of fused-ring (bicyclic) bond motifs is 1. The Labute approximate surface area is 147 Å². The van der Waals surface area contributed by atoms with Gasteiger partial charge in [0.1, 0.15) is 11.5 Å². The molecule has 128 valence electrons. The van der Waals surface area contributed by atoms with Gasteiger partial charge in [-0.25, -0.2) is 0 Å². The van der Waals surface area contributed by atoms with Gasteiger partial charge < -0.3 is 14.8 Å². The third-order valence-corrected chi connectivity index (χ3v) is 3.87. The zero-order valence-electron chi connectivity index (χ0n) is 14.4. The number of benzene rings is 3. The van der Waals surface area contributed by atoms with E-state index < -0.39 is 6.10 Å². The zero-order valence-corrected chi connectivity index (χ0v) is 14.4. The first kappa shape index (κ1) is 16.8. The maximum Gasteiger partial charge on any atom is 0.265 e. The van der Waals surface area contributed by atoms with Gasteiger partial charge in [0.2, 0.25) is 0 Å². The fourth-order valence-electron chi connectivity index (χ4n) is 2.63. The van der Waals surface area contributed by atoms with E-state index in [0.29, 0.717) is 23.8 Å². The molecule has 4 nitrogen and oxygen atoms in total. The molecule has 3 aromatic carbocycles. The number of carbonyl (C=O) groups is 1. The first-order chi connectivity index (χ1) is 12.2. The van der Waals surface area contributed by atoms with Crippen LogP contribution in [-0.2, 0) is 4.79 Å². The van der Waals surface area contributed by atoms with Gasteiger partial charge in [-0.2, -0.15) is 0 Å². The highest BCUT2D eigenvalue weighted by atomic mass is 16.5. The number of anilines is 1. The normalized spacial score (nSPS) is 11.8. The van der Waals surface area contributed by atoms with E-state index in [2.05, 4.69) is 5.32 Å². The van der Waals surface area contributed by atoms with Gasteiger partial charge >= 0.3 is 0 Å². The van der Waals surface area contributed by atoms with Gasteiger partial charge in [0.15, 0.2) is 6.10 Å². The molecule has 25 heavy (non-hydrogen) atoms. The molecule has 0 saturated heterocycles. The Kier molecular flexibility index (Phi) is 5.19. The van der Waals surface area contributed by atoms with Crippen LogP contribution < -0.4 is 14.8 Å². The van der Waals surface area contributed by atoms with Crippen LogP contribution in [0.1, 0.15) is 13.8 Å². The number of amides is 1. The van der Waals surface area contributed by atoms with Gasteiger partial charge in [-0.1, -0.05) is 48.5 Å². The molecule has 4 heteroatoms. The average molecular weight is 335 g/mol. The minimum Gasteiger partial charge on any atom is -0.492 e. The van der Waals surface area contributed by atoms with Crippen molar-refractivity contribution in [3.05, 3.63) is 66.7 Å². The summed E-state index contributed by atoms with van der Waals surface area (Å²) in [6, 6.07) is 21.1.